The molecule has 0 aliphatic rings. The van der Waals surface area contributed by atoms with Crippen molar-refractivity contribution in [3.63, 3.8) is 0 Å². The summed E-state index contributed by atoms with van der Waals surface area (Å²) in [6, 6.07) is 8.71. The molecular formula is C21H18F2N4O. The Kier molecular flexibility index (Phi) is 4.97. The maximum atomic E-state index is 14.5. The predicted octanol–water partition coefficient (Wildman–Crippen LogP) is 4.02. The molecule has 0 saturated heterocycles. The number of ether oxygens (including phenoxy) is 1. The minimum atomic E-state index is -0.519. The zero-order chi connectivity index (χ0) is 19.5. The van der Waals surface area contributed by atoms with Gasteiger partial charge in [0.05, 0.1) is 13.3 Å². The molecule has 1 N–H and O–H groups in total. The molecule has 0 aliphatic heterocycles. The number of nitrogens with one attached hydrogen (secondary N) is 1. The molecule has 0 amide bonds. The fourth-order valence-electron chi connectivity index (χ4n) is 3.22. The summed E-state index contributed by atoms with van der Waals surface area (Å²) >= 11 is 0. The van der Waals surface area contributed by atoms with E-state index in [2.05, 4.69) is 19.9 Å². The topological polar surface area (TPSA) is 63.7 Å². The molecule has 0 radical (unpaired) electrons. The van der Waals surface area contributed by atoms with E-state index in [1.54, 1.807) is 25.6 Å². The van der Waals surface area contributed by atoms with Gasteiger partial charge in [-0.15, -0.1) is 0 Å². The quantitative estimate of drug-likeness (QED) is 0.513. The maximum Gasteiger partial charge on any atom is 0.216 e. The van der Waals surface area contributed by atoms with E-state index in [9.17, 15) is 8.78 Å². The molecule has 28 heavy (non-hydrogen) atoms. The van der Waals surface area contributed by atoms with Gasteiger partial charge in [0.25, 0.3) is 0 Å². The minimum Gasteiger partial charge on any atom is -0.481 e. The zero-order valence-electron chi connectivity index (χ0n) is 15.2. The molecule has 4 aromatic heterocycles. The first-order valence-corrected chi connectivity index (χ1v) is 8.87. The van der Waals surface area contributed by atoms with Crippen LogP contribution in [-0.2, 0) is 19.3 Å². The lowest BCUT2D eigenvalue weighted by molar-refractivity contribution is 0.392. The molecule has 0 fully saturated rings. The number of hydrogen-bond acceptors (Lipinski definition) is 4. The van der Waals surface area contributed by atoms with Crippen LogP contribution in [0.2, 0.25) is 0 Å². The highest BCUT2D eigenvalue weighted by Gasteiger charge is 2.12. The molecule has 4 rings (SSSR count). The lowest BCUT2D eigenvalue weighted by Crippen LogP contribution is -2.02. The lowest BCUT2D eigenvalue weighted by atomic mass is 10.0. The Bertz CT molecular complexity index is 1130. The minimum absolute atomic E-state index is 0.306. The number of aromatic nitrogens is 4. The van der Waals surface area contributed by atoms with Crippen LogP contribution in [0.4, 0.5) is 8.78 Å². The molecule has 0 unspecified atom stereocenters. The molecule has 142 valence electrons. The number of aryl methyl sites for hydroxylation is 2. The first-order chi connectivity index (χ1) is 13.6. The third-order valence-corrected chi connectivity index (χ3v) is 4.64. The van der Waals surface area contributed by atoms with Gasteiger partial charge in [0.2, 0.25) is 11.8 Å². The molecule has 0 atom stereocenters. The highest BCUT2D eigenvalue weighted by atomic mass is 19.1. The van der Waals surface area contributed by atoms with Crippen molar-refractivity contribution in [2.45, 2.75) is 19.3 Å². The summed E-state index contributed by atoms with van der Waals surface area (Å²) in [6.45, 7) is 0. The molecular weight excluding hydrogens is 362 g/mol. The third-order valence-electron chi connectivity index (χ3n) is 4.64. The van der Waals surface area contributed by atoms with Gasteiger partial charge in [-0.1, -0.05) is 12.1 Å². The van der Waals surface area contributed by atoms with Gasteiger partial charge in [-0.25, -0.2) is 19.3 Å². The fraction of sp³-hybridized carbons (Fsp3) is 0.190. The largest absolute Gasteiger partial charge is 0.481 e. The van der Waals surface area contributed by atoms with Crippen LogP contribution in [-0.4, -0.2) is 27.0 Å². The highest BCUT2D eigenvalue weighted by Crippen LogP contribution is 2.22. The van der Waals surface area contributed by atoms with Crippen LogP contribution < -0.4 is 4.74 Å². The summed E-state index contributed by atoms with van der Waals surface area (Å²) in [5, 5.41) is 0.646. The summed E-state index contributed by atoms with van der Waals surface area (Å²) in [5.74, 6) is -0.373. The Labute approximate surface area is 160 Å². The first-order valence-electron chi connectivity index (χ1n) is 8.87. The predicted molar refractivity (Wildman–Crippen MR) is 101 cm³/mol. The Balaban J connectivity index is 1.50. The van der Waals surface area contributed by atoms with Crippen LogP contribution in [0.5, 0.6) is 5.88 Å². The Morgan fingerprint density at radius 3 is 2.75 bits per heavy atom. The van der Waals surface area contributed by atoms with Gasteiger partial charge in [0.15, 0.2) is 0 Å². The number of aromatic amines is 1. The van der Waals surface area contributed by atoms with Gasteiger partial charge in [-0.05, 0) is 36.6 Å². The van der Waals surface area contributed by atoms with Crippen LogP contribution in [0.3, 0.4) is 0 Å². The number of methoxy groups -OCH3 is 1. The van der Waals surface area contributed by atoms with E-state index in [4.69, 9.17) is 4.74 Å². The Hall–Kier alpha value is -3.35. The summed E-state index contributed by atoms with van der Waals surface area (Å²) in [7, 11) is 1.57. The van der Waals surface area contributed by atoms with E-state index in [-0.39, 0.29) is 0 Å². The van der Waals surface area contributed by atoms with Gasteiger partial charge in [-0.2, -0.15) is 4.39 Å². The summed E-state index contributed by atoms with van der Waals surface area (Å²) in [4.78, 5) is 15.2. The summed E-state index contributed by atoms with van der Waals surface area (Å²) in [5.41, 5.74) is 3.40. The first kappa shape index (κ1) is 18.0. The van der Waals surface area contributed by atoms with E-state index in [0.717, 1.165) is 17.3 Å². The highest BCUT2D eigenvalue weighted by molar-refractivity contribution is 5.79. The number of halogens is 2. The van der Waals surface area contributed by atoms with Crippen LogP contribution in [0.15, 0.2) is 48.9 Å². The van der Waals surface area contributed by atoms with Crippen molar-refractivity contribution < 1.29 is 13.5 Å². The van der Waals surface area contributed by atoms with Gasteiger partial charge in [0.1, 0.15) is 11.5 Å². The van der Waals surface area contributed by atoms with Gasteiger partial charge >= 0.3 is 0 Å². The number of nitrogens with zero attached hydrogens (tertiary/aromatic N) is 3. The number of pyridine rings is 3. The van der Waals surface area contributed by atoms with Crippen molar-refractivity contribution in [2.24, 2.45) is 0 Å². The van der Waals surface area contributed by atoms with E-state index in [0.29, 0.717) is 47.4 Å². The lowest BCUT2D eigenvalue weighted by Gasteiger charge is -2.08. The van der Waals surface area contributed by atoms with E-state index >= 15 is 0 Å². The van der Waals surface area contributed by atoms with Gasteiger partial charge < -0.3 is 9.72 Å². The molecule has 5 nitrogen and oxygen atoms in total. The SMILES string of the molecule is COc1ncccc1CCc1ccc(Cc2c[nH]c3ncc(F)cc23)c(F)n1. The molecule has 0 bridgehead atoms. The van der Waals surface area contributed by atoms with Crippen LogP contribution in [0.25, 0.3) is 11.0 Å². The summed E-state index contributed by atoms with van der Waals surface area (Å²) < 4.78 is 33.3. The van der Waals surface area contributed by atoms with E-state index < -0.39 is 11.8 Å². The van der Waals surface area contributed by atoms with Crippen molar-refractivity contribution in [3.05, 3.63) is 83.1 Å². The van der Waals surface area contributed by atoms with E-state index in [1.165, 1.54) is 6.07 Å². The molecule has 0 saturated carbocycles. The average molecular weight is 380 g/mol. The van der Waals surface area contributed by atoms with Crippen LogP contribution in [0.1, 0.15) is 22.4 Å². The molecule has 7 heteroatoms. The normalized spacial score (nSPS) is 11.1. The monoisotopic (exact) mass is 380 g/mol. The fourth-order valence-corrected chi connectivity index (χ4v) is 3.22. The second-order valence-electron chi connectivity index (χ2n) is 6.46. The second-order valence-corrected chi connectivity index (χ2v) is 6.46. The van der Waals surface area contributed by atoms with Gasteiger partial charge in [0, 0.05) is 41.0 Å². The maximum absolute atomic E-state index is 14.5. The summed E-state index contributed by atoms with van der Waals surface area (Å²) in [6.07, 6.45) is 6.06. The number of H-pyrrole nitrogens is 1. The Morgan fingerprint density at radius 2 is 1.93 bits per heavy atom. The van der Waals surface area contributed by atoms with E-state index in [1.807, 2.05) is 18.2 Å². The molecule has 4 heterocycles. The molecule has 0 aromatic carbocycles. The van der Waals surface area contributed by atoms with Crippen LogP contribution in [0, 0.1) is 11.8 Å². The number of hydrogen-bond donors (Lipinski definition) is 1. The van der Waals surface area contributed by atoms with Gasteiger partial charge in [-0.3, -0.25) is 0 Å². The van der Waals surface area contributed by atoms with Crippen molar-refractivity contribution in [2.75, 3.05) is 7.11 Å². The second kappa shape index (κ2) is 7.72. The average Bonchev–Trinajstić information content (AvgIpc) is 3.10. The van der Waals surface area contributed by atoms with Crippen molar-refractivity contribution in [1.29, 1.82) is 0 Å². The zero-order valence-corrected chi connectivity index (χ0v) is 15.2. The number of fused-ring (bicyclic) bond motifs is 1. The molecule has 4 aromatic rings. The number of rotatable bonds is 6. The Morgan fingerprint density at radius 1 is 1.04 bits per heavy atom. The smallest absolute Gasteiger partial charge is 0.216 e. The van der Waals surface area contributed by atoms with Crippen LogP contribution >= 0.6 is 0 Å². The third kappa shape index (κ3) is 3.69. The standard InChI is InChI=1S/C21H18F2N4O/c1-28-21-13(3-2-8-24-21)4-6-17-7-5-14(19(23)27-17)9-15-11-25-20-18(15)10-16(22)12-26-20/h2-3,5,7-8,10-12H,4,6,9H2,1H3,(H,25,26). The van der Waals surface area contributed by atoms with Crippen molar-refractivity contribution in [3.8, 4) is 5.88 Å². The molecule has 0 spiro atoms. The molecule has 0 aliphatic carbocycles. The van der Waals surface area contributed by atoms with Crippen molar-refractivity contribution in [1.82, 2.24) is 19.9 Å². The van der Waals surface area contributed by atoms with Crippen molar-refractivity contribution >= 4 is 11.0 Å².